The molecule has 3 aromatic rings. The zero-order valence-corrected chi connectivity index (χ0v) is 17.7. The number of nitrogens with one attached hydrogen (secondary N) is 1. The Hall–Kier alpha value is -2.68. The fourth-order valence-electron chi connectivity index (χ4n) is 3.06. The van der Waals surface area contributed by atoms with E-state index in [1.807, 2.05) is 31.2 Å². The Morgan fingerprint density at radius 3 is 2.73 bits per heavy atom. The number of aryl methyl sites for hydroxylation is 1. The molecule has 2 aromatic heterocycles. The van der Waals surface area contributed by atoms with Gasteiger partial charge in [-0.1, -0.05) is 18.0 Å². The van der Waals surface area contributed by atoms with Gasteiger partial charge >= 0.3 is 0 Å². The number of carbonyl (C=O) groups excluding carboxylic acids is 1. The summed E-state index contributed by atoms with van der Waals surface area (Å²) in [6.07, 6.45) is 3.45. The van der Waals surface area contributed by atoms with Gasteiger partial charge in [0.15, 0.2) is 0 Å². The molecule has 1 saturated heterocycles. The number of rotatable bonds is 7. The van der Waals surface area contributed by atoms with Crippen LogP contribution >= 0.6 is 11.9 Å². The number of benzene rings is 1. The molecule has 0 bridgehead atoms. The molecule has 8 heteroatoms. The first-order valence-electron chi connectivity index (χ1n) is 9.88. The van der Waals surface area contributed by atoms with Gasteiger partial charge < -0.3 is 14.5 Å². The minimum absolute atomic E-state index is 0.128. The van der Waals surface area contributed by atoms with E-state index in [9.17, 15) is 4.79 Å². The molecule has 156 valence electrons. The highest BCUT2D eigenvalue weighted by atomic mass is 32.2. The molecular weight excluding hydrogens is 400 g/mol. The number of amides is 1. The summed E-state index contributed by atoms with van der Waals surface area (Å²) in [5, 5.41) is 2.90. The van der Waals surface area contributed by atoms with Crippen molar-refractivity contribution < 1.29 is 13.9 Å². The van der Waals surface area contributed by atoms with Crippen LogP contribution in [0.25, 0.3) is 11.5 Å². The van der Waals surface area contributed by atoms with Crippen LogP contribution in [0.5, 0.6) is 0 Å². The third-order valence-corrected chi connectivity index (χ3v) is 5.95. The molecule has 0 saturated carbocycles. The third-order valence-electron chi connectivity index (χ3n) is 4.82. The predicted molar refractivity (Wildman–Crippen MR) is 116 cm³/mol. The quantitative estimate of drug-likeness (QED) is 0.582. The Kier molecular flexibility index (Phi) is 6.78. The van der Waals surface area contributed by atoms with E-state index in [0.29, 0.717) is 18.0 Å². The molecule has 1 amide bonds. The van der Waals surface area contributed by atoms with E-state index in [2.05, 4.69) is 19.6 Å². The predicted octanol–water partition coefficient (Wildman–Crippen LogP) is 3.46. The summed E-state index contributed by atoms with van der Waals surface area (Å²) in [4.78, 5) is 21.1. The topological polar surface area (TPSA) is 80.5 Å². The lowest BCUT2D eigenvalue weighted by atomic mass is 10.1. The summed E-state index contributed by atoms with van der Waals surface area (Å²) in [7, 11) is 0. The van der Waals surface area contributed by atoms with E-state index in [1.54, 1.807) is 36.5 Å². The molecular formula is C22H24N4O3S. The first-order valence-corrected chi connectivity index (χ1v) is 10.8. The standard InChI is InChI=1S/C22H24N4O3S/c1-16-20(15-30-26-9-11-28-12-10-26)25-22(29-16)19-6-4-18(5-7-19)21(27)24-14-17-3-2-8-23-13-17/h2-8,13H,9-12,14-15H2,1H3,(H,24,27). The lowest BCUT2D eigenvalue weighted by Gasteiger charge is -2.24. The molecule has 4 rings (SSSR count). The first-order chi connectivity index (χ1) is 14.7. The zero-order chi connectivity index (χ0) is 20.8. The molecule has 3 heterocycles. The fraction of sp³-hybridized carbons (Fsp3) is 0.318. The van der Waals surface area contributed by atoms with Crippen LogP contribution in [-0.4, -0.2) is 46.5 Å². The van der Waals surface area contributed by atoms with Crippen LogP contribution in [0, 0.1) is 6.92 Å². The van der Waals surface area contributed by atoms with E-state index in [0.717, 1.165) is 54.6 Å². The van der Waals surface area contributed by atoms with Gasteiger partial charge in [0.1, 0.15) is 5.76 Å². The first kappa shape index (κ1) is 20.6. The van der Waals surface area contributed by atoms with E-state index in [1.165, 1.54) is 0 Å². The second-order valence-corrected chi connectivity index (χ2v) is 8.02. The van der Waals surface area contributed by atoms with Crippen LogP contribution in [0.2, 0.25) is 0 Å². The normalized spacial score (nSPS) is 14.6. The molecule has 0 aliphatic carbocycles. The number of hydrogen-bond donors (Lipinski definition) is 1. The lowest BCUT2D eigenvalue weighted by Crippen LogP contribution is -2.31. The number of aromatic nitrogens is 2. The smallest absolute Gasteiger partial charge is 0.251 e. The summed E-state index contributed by atoms with van der Waals surface area (Å²) in [5.41, 5.74) is 3.35. The van der Waals surface area contributed by atoms with Crippen molar-refractivity contribution in [2.45, 2.75) is 19.2 Å². The van der Waals surface area contributed by atoms with Crippen molar-refractivity contribution in [3.63, 3.8) is 0 Å². The molecule has 30 heavy (non-hydrogen) atoms. The second-order valence-electron chi connectivity index (χ2n) is 6.96. The number of morpholine rings is 1. The highest BCUT2D eigenvalue weighted by molar-refractivity contribution is 7.96. The minimum Gasteiger partial charge on any atom is -0.441 e. The summed E-state index contributed by atoms with van der Waals surface area (Å²) in [5.74, 6) is 2.04. The van der Waals surface area contributed by atoms with Gasteiger partial charge in [-0.15, -0.1) is 0 Å². The molecule has 1 N–H and O–H groups in total. The zero-order valence-electron chi connectivity index (χ0n) is 16.8. The van der Waals surface area contributed by atoms with Crippen molar-refractivity contribution >= 4 is 17.9 Å². The molecule has 0 atom stereocenters. The Labute approximate surface area is 180 Å². The van der Waals surface area contributed by atoms with E-state index < -0.39 is 0 Å². The fourth-order valence-corrected chi connectivity index (χ4v) is 4.04. The van der Waals surface area contributed by atoms with Crippen LogP contribution in [0.3, 0.4) is 0 Å². The molecule has 0 spiro atoms. The van der Waals surface area contributed by atoms with Crippen LogP contribution in [-0.2, 0) is 17.0 Å². The Bertz CT molecular complexity index is 970. The SMILES string of the molecule is Cc1oc(-c2ccc(C(=O)NCc3cccnc3)cc2)nc1CSN1CCOCC1. The molecule has 1 fully saturated rings. The van der Waals surface area contributed by atoms with Crippen molar-refractivity contribution in [2.75, 3.05) is 26.3 Å². The van der Waals surface area contributed by atoms with Crippen molar-refractivity contribution in [2.24, 2.45) is 0 Å². The van der Waals surface area contributed by atoms with E-state index in [-0.39, 0.29) is 5.91 Å². The van der Waals surface area contributed by atoms with Crippen LogP contribution in [0.4, 0.5) is 0 Å². The third kappa shape index (κ3) is 5.27. The average molecular weight is 425 g/mol. The Balaban J connectivity index is 1.35. The van der Waals surface area contributed by atoms with Gasteiger partial charge in [-0.2, -0.15) is 0 Å². The summed E-state index contributed by atoms with van der Waals surface area (Å²) < 4.78 is 13.6. The largest absolute Gasteiger partial charge is 0.441 e. The number of carbonyl (C=O) groups is 1. The summed E-state index contributed by atoms with van der Waals surface area (Å²) in [6, 6.07) is 11.1. The molecule has 1 aliphatic heterocycles. The molecule has 1 aromatic carbocycles. The summed E-state index contributed by atoms with van der Waals surface area (Å²) in [6.45, 7) is 5.79. The molecule has 7 nitrogen and oxygen atoms in total. The monoisotopic (exact) mass is 424 g/mol. The van der Waals surface area contributed by atoms with Crippen LogP contribution < -0.4 is 5.32 Å². The lowest BCUT2D eigenvalue weighted by molar-refractivity contribution is 0.0773. The highest BCUT2D eigenvalue weighted by Crippen LogP contribution is 2.26. The maximum Gasteiger partial charge on any atom is 0.251 e. The van der Waals surface area contributed by atoms with Gasteiger partial charge in [0.25, 0.3) is 5.91 Å². The Morgan fingerprint density at radius 1 is 1.20 bits per heavy atom. The second kappa shape index (κ2) is 9.88. The van der Waals surface area contributed by atoms with Gasteiger partial charge in [0.05, 0.1) is 24.7 Å². The maximum absolute atomic E-state index is 12.4. The van der Waals surface area contributed by atoms with Crippen molar-refractivity contribution in [3.8, 4) is 11.5 Å². The maximum atomic E-state index is 12.4. The highest BCUT2D eigenvalue weighted by Gasteiger charge is 2.16. The van der Waals surface area contributed by atoms with Crippen molar-refractivity contribution in [1.29, 1.82) is 0 Å². The number of oxazole rings is 1. The van der Waals surface area contributed by atoms with Gasteiger partial charge in [0.2, 0.25) is 5.89 Å². The van der Waals surface area contributed by atoms with Gasteiger partial charge in [-0.05, 0) is 42.8 Å². The van der Waals surface area contributed by atoms with E-state index >= 15 is 0 Å². The average Bonchev–Trinajstić information content (AvgIpc) is 3.18. The minimum atomic E-state index is -0.128. The number of nitrogens with zero attached hydrogens (tertiary/aromatic N) is 3. The van der Waals surface area contributed by atoms with Crippen LogP contribution in [0.1, 0.15) is 27.4 Å². The number of hydrogen-bond acceptors (Lipinski definition) is 7. The number of ether oxygens (including phenoxy) is 1. The van der Waals surface area contributed by atoms with Gasteiger partial charge in [-0.3, -0.25) is 9.78 Å². The Morgan fingerprint density at radius 2 is 2.00 bits per heavy atom. The van der Waals surface area contributed by atoms with Gasteiger partial charge in [0, 0.05) is 43.2 Å². The molecule has 1 aliphatic rings. The molecule has 0 unspecified atom stereocenters. The van der Waals surface area contributed by atoms with Gasteiger partial charge in [-0.25, -0.2) is 9.29 Å². The number of pyridine rings is 1. The van der Waals surface area contributed by atoms with Crippen molar-refractivity contribution in [3.05, 3.63) is 71.4 Å². The summed E-state index contributed by atoms with van der Waals surface area (Å²) >= 11 is 1.76. The van der Waals surface area contributed by atoms with E-state index in [4.69, 9.17) is 9.15 Å². The van der Waals surface area contributed by atoms with Crippen LogP contribution in [0.15, 0.2) is 53.2 Å². The van der Waals surface area contributed by atoms with Crippen molar-refractivity contribution in [1.82, 2.24) is 19.6 Å². The molecule has 0 radical (unpaired) electrons.